The second kappa shape index (κ2) is 13.8. The predicted molar refractivity (Wildman–Crippen MR) is 158 cm³/mol. The molecule has 1 N–H and O–H groups in total. The van der Waals surface area contributed by atoms with E-state index >= 15 is 0 Å². The SMILES string of the molecule is C=N/C(=C\C(=C/C)c1cc(COc2ccccc2CC(=O)OCC)cc2sccc12)CNC(=O)OC(C)(C)C. The third-order valence-corrected chi connectivity index (χ3v) is 6.46. The Kier molecular flexibility index (Phi) is 10.5. The number of carbonyl (C=O) groups excluding carboxylic acids is 2. The maximum atomic E-state index is 12.1. The minimum atomic E-state index is -0.587. The number of amides is 1. The third-order valence-electron chi connectivity index (χ3n) is 5.60. The van der Waals surface area contributed by atoms with Crippen LogP contribution in [0.25, 0.3) is 15.7 Å². The molecule has 2 aromatic carbocycles. The molecular weight excluding hydrogens is 512 g/mol. The van der Waals surface area contributed by atoms with Gasteiger partial charge >= 0.3 is 12.1 Å². The summed E-state index contributed by atoms with van der Waals surface area (Å²) in [6.45, 7) is 13.7. The van der Waals surface area contributed by atoms with E-state index in [0.29, 0.717) is 24.7 Å². The highest BCUT2D eigenvalue weighted by Crippen LogP contribution is 2.32. The van der Waals surface area contributed by atoms with Gasteiger partial charge < -0.3 is 19.5 Å². The molecule has 0 unspecified atom stereocenters. The van der Waals surface area contributed by atoms with E-state index in [1.165, 1.54) is 0 Å². The van der Waals surface area contributed by atoms with Crippen molar-refractivity contribution >= 4 is 45.8 Å². The number of benzene rings is 2. The van der Waals surface area contributed by atoms with E-state index in [4.69, 9.17) is 14.2 Å². The fourth-order valence-corrected chi connectivity index (χ4v) is 4.77. The van der Waals surface area contributed by atoms with Crippen molar-refractivity contribution in [3.8, 4) is 5.75 Å². The van der Waals surface area contributed by atoms with Crippen LogP contribution < -0.4 is 10.1 Å². The Morgan fingerprint density at radius 1 is 1.15 bits per heavy atom. The molecule has 8 heteroatoms. The highest BCUT2D eigenvalue weighted by atomic mass is 32.1. The summed E-state index contributed by atoms with van der Waals surface area (Å²) in [6.07, 6.45) is 3.56. The summed E-state index contributed by atoms with van der Waals surface area (Å²) >= 11 is 1.65. The zero-order chi connectivity index (χ0) is 28.4. The number of nitrogens with zero attached hydrogens (tertiary/aromatic N) is 1. The van der Waals surface area contributed by atoms with E-state index in [-0.39, 0.29) is 18.9 Å². The zero-order valence-corrected chi connectivity index (χ0v) is 24.0. The first kappa shape index (κ1) is 29.6. The average molecular weight is 549 g/mol. The Morgan fingerprint density at radius 2 is 1.92 bits per heavy atom. The molecule has 1 heterocycles. The van der Waals surface area contributed by atoms with Gasteiger partial charge in [0.15, 0.2) is 0 Å². The highest BCUT2D eigenvalue weighted by molar-refractivity contribution is 7.17. The van der Waals surface area contributed by atoms with Crippen molar-refractivity contribution in [2.45, 2.75) is 53.2 Å². The monoisotopic (exact) mass is 548 g/mol. The number of aliphatic imine (C=N–C) groups is 1. The maximum absolute atomic E-state index is 12.1. The van der Waals surface area contributed by atoms with E-state index in [1.54, 1.807) is 18.3 Å². The molecule has 0 saturated heterocycles. The minimum Gasteiger partial charge on any atom is -0.489 e. The molecule has 206 valence electrons. The van der Waals surface area contributed by atoms with Gasteiger partial charge in [-0.05, 0) is 93.8 Å². The number of carbonyl (C=O) groups is 2. The summed E-state index contributed by atoms with van der Waals surface area (Å²) in [5, 5.41) is 5.91. The van der Waals surface area contributed by atoms with E-state index in [1.807, 2.05) is 64.1 Å². The number of alkyl carbamates (subject to hydrolysis) is 1. The van der Waals surface area contributed by atoms with Crippen molar-refractivity contribution in [1.82, 2.24) is 5.32 Å². The summed E-state index contributed by atoms with van der Waals surface area (Å²) in [5.74, 6) is 0.365. The average Bonchev–Trinajstić information content (AvgIpc) is 3.36. The lowest BCUT2D eigenvalue weighted by Crippen LogP contribution is -2.33. The molecule has 7 nitrogen and oxygen atoms in total. The topological polar surface area (TPSA) is 86.2 Å². The summed E-state index contributed by atoms with van der Waals surface area (Å²) in [5.41, 5.74) is 3.75. The van der Waals surface area contributed by atoms with Crippen LogP contribution in [0.1, 0.15) is 51.3 Å². The Morgan fingerprint density at radius 3 is 2.62 bits per heavy atom. The van der Waals surface area contributed by atoms with Crippen LogP contribution in [0.4, 0.5) is 4.79 Å². The van der Waals surface area contributed by atoms with Crippen molar-refractivity contribution in [2.75, 3.05) is 13.2 Å². The maximum Gasteiger partial charge on any atom is 0.407 e. The molecule has 0 fully saturated rings. The van der Waals surface area contributed by atoms with Gasteiger partial charge in [-0.3, -0.25) is 9.79 Å². The van der Waals surface area contributed by atoms with Crippen LogP contribution in [-0.4, -0.2) is 37.5 Å². The highest BCUT2D eigenvalue weighted by Gasteiger charge is 2.16. The number of hydrogen-bond donors (Lipinski definition) is 1. The van der Waals surface area contributed by atoms with Crippen LogP contribution in [0.3, 0.4) is 0 Å². The lowest BCUT2D eigenvalue weighted by atomic mass is 9.98. The summed E-state index contributed by atoms with van der Waals surface area (Å²) in [6, 6.07) is 13.8. The molecule has 3 rings (SSSR count). The Labute approximate surface area is 234 Å². The van der Waals surface area contributed by atoms with Crippen LogP contribution in [0.15, 0.2) is 70.7 Å². The second-order valence-electron chi connectivity index (χ2n) is 9.75. The predicted octanol–water partition coefficient (Wildman–Crippen LogP) is 7.10. The fourth-order valence-electron chi connectivity index (χ4n) is 3.90. The number of ether oxygens (including phenoxy) is 3. The Bertz CT molecular complexity index is 1380. The van der Waals surface area contributed by atoms with Crippen molar-refractivity contribution in [3.63, 3.8) is 0 Å². The smallest absolute Gasteiger partial charge is 0.407 e. The molecule has 0 aliphatic rings. The lowest BCUT2D eigenvalue weighted by molar-refractivity contribution is -0.142. The Hall–Kier alpha value is -3.91. The van der Waals surface area contributed by atoms with E-state index in [2.05, 4.69) is 40.6 Å². The van der Waals surface area contributed by atoms with E-state index in [9.17, 15) is 9.59 Å². The van der Waals surface area contributed by atoms with Gasteiger partial charge in [-0.25, -0.2) is 4.79 Å². The van der Waals surface area contributed by atoms with Crippen molar-refractivity contribution in [1.29, 1.82) is 0 Å². The van der Waals surface area contributed by atoms with Crippen LogP contribution in [-0.2, 0) is 27.3 Å². The van der Waals surface area contributed by atoms with Gasteiger partial charge in [0.2, 0.25) is 0 Å². The molecule has 0 radical (unpaired) electrons. The number of allylic oxidation sites excluding steroid dienone is 3. The zero-order valence-electron chi connectivity index (χ0n) is 23.2. The van der Waals surface area contributed by atoms with Crippen molar-refractivity contribution in [3.05, 3.63) is 82.4 Å². The normalized spacial score (nSPS) is 12.2. The first-order valence-corrected chi connectivity index (χ1v) is 13.7. The molecule has 3 aromatic rings. The molecule has 0 bridgehead atoms. The molecule has 0 aliphatic carbocycles. The molecule has 0 spiro atoms. The Balaban J connectivity index is 1.83. The molecule has 0 aliphatic heterocycles. The van der Waals surface area contributed by atoms with Crippen LogP contribution in [0.5, 0.6) is 5.75 Å². The van der Waals surface area contributed by atoms with Crippen LogP contribution >= 0.6 is 11.3 Å². The number of rotatable bonds is 11. The van der Waals surface area contributed by atoms with Crippen LogP contribution in [0.2, 0.25) is 0 Å². The molecule has 0 atom stereocenters. The number of thiophene rings is 1. The third kappa shape index (κ3) is 8.82. The van der Waals surface area contributed by atoms with Crippen LogP contribution in [0, 0.1) is 0 Å². The number of hydrogen-bond acceptors (Lipinski definition) is 7. The lowest BCUT2D eigenvalue weighted by Gasteiger charge is -2.19. The number of fused-ring (bicyclic) bond motifs is 1. The molecule has 0 saturated carbocycles. The van der Waals surface area contributed by atoms with Gasteiger partial charge in [0.25, 0.3) is 0 Å². The summed E-state index contributed by atoms with van der Waals surface area (Å²) in [4.78, 5) is 28.3. The van der Waals surface area contributed by atoms with E-state index in [0.717, 1.165) is 32.3 Å². The summed E-state index contributed by atoms with van der Waals surface area (Å²) in [7, 11) is 0. The molecule has 1 aromatic heterocycles. The minimum absolute atomic E-state index is 0.154. The summed E-state index contributed by atoms with van der Waals surface area (Å²) < 4.78 is 17.7. The number of esters is 1. The first-order chi connectivity index (χ1) is 18.6. The van der Waals surface area contributed by atoms with Gasteiger partial charge in [-0.15, -0.1) is 11.3 Å². The molecular formula is C31H36N2O5S. The van der Waals surface area contributed by atoms with Gasteiger partial charge in [0.1, 0.15) is 18.0 Å². The van der Waals surface area contributed by atoms with Gasteiger partial charge in [0.05, 0.1) is 25.3 Å². The van der Waals surface area contributed by atoms with Gasteiger partial charge in [0, 0.05) is 15.6 Å². The second-order valence-corrected chi connectivity index (χ2v) is 10.7. The quantitative estimate of drug-likeness (QED) is 0.157. The standard InChI is InChI=1S/C31H36N2O5S/c1-7-22(17-24(32-6)19-33-30(35)38-31(3,4)5)26-15-21(16-28-25(26)13-14-39-28)20-37-27-12-10-9-11-23(27)18-29(34)36-8-2/h7,9-17H,6,8,18-20H2,1-5H3,(H,33,35)/b22-7+,24-17-. The number of para-hydroxylation sites is 1. The first-order valence-electron chi connectivity index (χ1n) is 12.8. The molecule has 39 heavy (non-hydrogen) atoms. The number of nitrogens with one attached hydrogen (secondary N) is 1. The molecule has 1 amide bonds. The largest absolute Gasteiger partial charge is 0.489 e. The van der Waals surface area contributed by atoms with Crippen molar-refractivity contribution < 1.29 is 23.8 Å². The van der Waals surface area contributed by atoms with Gasteiger partial charge in [-0.1, -0.05) is 24.3 Å². The van der Waals surface area contributed by atoms with Gasteiger partial charge in [-0.2, -0.15) is 0 Å². The van der Waals surface area contributed by atoms with E-state index < -0.39 is 11.7 Å². The fraction of sp³-hybridized carbons (Fsp3) is 0.323. The van der Waals surface area contributed by atoms with Crippen molar-refractivity contribution in [2.24, 2.45) is 4.99 Å².